The number of H-pyrrole nitrogens is 1. The van der Waals surface area contributed by atoms with Gasteiger partial charge >= 0.3 is 0 Å². The van der Waals surface area contributed by atoms with Crippen LogP contribution >= 0.6 is 11.3 Å². The number of amides is 1. The van der Waals surface area contributed by atoms with Gasteiger partial charge in [0.05, 0.1) is 6.42 Å². The van der Waals surface area contributed by atoms with E-state index in [0.29, 0.717) is 12.4 Å². The third-order valence-electron chi connectivity index (χ3n) is 1.59. The molecule has 0 atom stereocenters. The van der Waals surface area contributed by atoms with E-state index in [-0.39, 0.29) is 5.91 Å². The van der Waals surface area contributed by atoms with Gasteiger partial charge < -0.3 is 0 Å². The standard InChI is InChI=1S/C8H8N4OS/c13-7(4-6-2-1-3-14-6)11-8-9-5-10-12-8/h1-3,5H,4H2,(H2,9,10,11,12,13). The van der Waals surface area contributed by atoms with Crippen LogP contribution in [0.4, 0.5) is 5.95 Å². The van der Waals surface area contributed by atoms with Crippen LogP contribution in [-0.4, -0.2) is 21.1 Å². The Hall–Kier alpha value is -1.69. The maximum Gasteiger partial charge on any atom is 0.231 e. The fourth-order valence-corrected chi connectivity index (χ4v) is 1.72. The van der Waals surface area contributed by atoms with Crippen LogP contribution in [0, 0.1) is 0 Å². The molecule has 0 aliphatic carbocycles. The SMILES string of the molecule is O=C(Cc1cccs1)Nc1ncn[nH]1. The van der Waals surface area contributed by atoms with Crippen molar-refractivity contribution in [1.82, 2.24) is 15.2 Å². The number of thiophene rings is 1. The van der Waals surface area contributed by atoms with Gasteiger partial charge in [-0.05, 0) is 11.4 Å². The fraction of sp³-hybridized carbons (Fsp3) is 0.125. The largest absolute Gasteiger partial charge is 0.295 e. The zero-order valence-corrected chi connectivity index (χ0v) is 8.04. The minimum absolute atomic E-state index is 0.0933. The maximum absolute atomic E-state index is 11.4. The summed E-state index contributed by atoms with van der Waals surface area (Å²) in [5, 5.41) is 10.7. The van der Waals surface area contributed by atoms with Gasteiger partial charge in [0.2, 0.25) is 11.9 Å². The Labute approximate surface area is 84.2 Å². The lowest BCUT2D eigenvalue weighted by Gasteiger charge is -1.98. The van der Waals surface area contributed by atoms with E-state index in [2.05, 4.69) is 20.5 Å². The van der Waals surface area contributed by atoms with E-state index in [1.54, 1.807) is 11.3 Å². The Morgan fingerprint density at radius 3 is 3.21 bits per heavy atom. The first kappa shape index (κ1) is 8.89. The van der Waals surface area contributed by atoms with Crippen LogP contribution in [0.1, 0.15) is 4.88 Å². The number of nitrogens with one attached hydrogen (secondary N) is 2. The van der Waals surface area contributed by atoms with Gasteiger partial charge in [-0.15, -0.1) is 11.3 Å². The molecule has 0 bridgehead atoms. The van der Waals surface area contributed by atoms with Crippen LogP contribution in [0.3, 0.4) is 0 Å². The summed E-state index contributed by atoms with van der Waals surface area (Å²) in [5.74, 6) is 0.288. The smallest absolute Gasteiger partial charge is 0.231 e. The van der Waals surface area contributed by atoms with Crippen molar-refractivity contribution in [2.45, 2.75) is 6.42 Å². The maximum atomic E-state index is 11.4. The molecule has 0 saturated carbocycles. The van der Waals surface area contributed by atoms with Gasteiger partial charge in [0.15, 0.2) is 0 Å². The van der Waals surface area contributed by atoms with Gasteiger partial charge in [-0.2, -0.15) is 10.1 Å². The number of anilines is 1. The van der Waals surface area contributed by atoms with Crippen molar-refractivity contribution < 1.29 is 4.79 Å². The van der Waals surface area contributed by atoms with Crippen molar-refractivity contribution in [2.75, 3.05) is 5.32 Å². The first-order chi connectivity index (χ1) is 6.84. The predicted molar refractivity (Wildman–Crippen MR) is 53.0 cm³/mol. The number of aromatic nitrogens is 3. The molecular formula is C8H8N4OS. The summed E-state index contributed by atoms with van der Waals surface area (Å²) in [7, 11) is 0. The van der Waals surface area contributed by atoms with E-state index in [4.69, 9.17) is 0 Å². The molecule has 72 valence electrons. The van der Waals surface area contributed by atoms with Gasteiger partial charge in [-0.3, -0.25) is 10.1 Å². The average Bonchev–Trinajstić information content (AvgIpc) is 2.76. The van der Waals surface area contributed by atoms with Gasteiger partial charge in [-0.25, -0.2) is 5.10 Å². The highest BCUT2D eigenvalue weighted by Gasteiger charge is 2.05. The van der Waals surface area contributed by atoms with Crippen LogP contribution < -0.4 is 5.32 Å². The van der Waals surface area contributed by atoms with Crippen LogP contribution in [0.15, 0.2) is 23.8 Å². The number of hydrogen-bond donors (Lipinski definition) is 2. The molecular weight excluding hydrogens is 200 g/mol. The molecule has 0 radical (unpaired) electrons. The van der Waals surface area contributed by atoms with E-state index < -0.39 is 0 Å². The van der Waals surface area contributed by atoms with Crippen molar-refractivity contribution in [3.05, 3.63) is 28.7 Å². The second-order valence-electron chi connectivity index (χ2n) is 2.64. The molecule has 1 amide bonds. The Balaban J connectivity index is 1.91. The fourth-order valence-electron chi connectivity index (χ4n) is 1.01. The number of rotatable bonds is 3. The molecule has 0 fully saturated rings. The third kappa shape index (κ3) is 2.17. The molecule has 0 aromatic carbocycles. The highest BCUT2D eigenvalue weighted by molar-refractivity contribution is 7.10. The molecule has 2 N–H and O–H groups in total. The number of hydrogen-bond acceptors (Lipinski definition) is 4. The molecule has 5 nitrogen and oxygen atoms in total. The molecule has 0 aliphatic rings. The summed E-state index contributed by atoms with van der Waals surface area (Å²) < 4.78 is 0. The Kier molecular flexibility index (Phi) is 2.55. The lowest BCUT2D eigenvalue weighted by atomic mass is 10.3. The van der Waals surface area contributed by atoms with Crippen molar-refractivity contribution in [1.29, 1.82) is 0 Å². The Bertz CT molecular complexity index is 357. The van der Waals surface area contributed by atoms with Gasteiger partial charge in [0.25, 0.3) is 0 Å². The molecule has 0 spiro atoms. The third-order valence-corrected chi connectivity index (χ3v) is 2.46. The zero-order valence-electron chi connectivity index (χ0n) is 7.23. The number of carbonyl (C=O) groups is 1. The normalized spacial score (nSPS) is 10.0. The van der Waals surface area contributed by atoms with Crippen LogP contribution in [0.25, 0.3) is 0 Å². The molecule has 2 rings (SSSR count). The van der Waals surface area contributed by atoms with E-state index in [9.17, 15) is 4.79 Å². The lowest BCUT2D eigenvalue weighted by Crippen LogP contribution is -2.14. The summed E-state index contributed by atoms with van der Waals surface area (Å²) in [4.78, 5) is 16.2. The van der Waals surface area contributed by atoms with Crippen LogP contribution in [0.5, 0.6) is 0 Å². The second-order valence-corrected chi connectivity index (χ2v) is 3.67. The first-order valence-corrected chi connectivity index (χ1v) is 4.90. The molecule has 6 heteroatoms. The second kappa shape index (κ2) is 4.01. The quantitative estimate of drug-likeness (QED) is 0.792. The molecule has 2 heterocycles. The minimum Gasteiger partial charge on any atom is -0.295 e. The number of aromatic amines is 1. The van der Waals surface area contributed by atoms with Crippen molar-refractivity contribution >= 4 is 23.2 Å². The van der Waals surface area contributed by atoms with Crippen molar-refractivity contribution in [3.63, 3.8) is 0 Å². The van der Waals surface area contributed by atoms with E-state index >= 15 is 0 Å². The van der Waals surface area contributed by atoms with Crippen LogP contribution in [0.2, 0.25) is 0 Å². The molecule has 2 aromatic heterocycles. The predicted octanol–water partition coefficient (Wildman–Crippen LogP) is 1.05. The molecule has 0 unspecified atom stereocenters. The summed E-state index contributed by atoms with van der Waals surface area (Å²) >= 11 is 1.56. The van der Waals surface area contributed by atoms with Crippen molar-refractivity contribution in [2.24, 2.45) is 0 Å². The molecule has 0 aliphatic heterocycles. The zero-order chi connectivity index (χ0) is 9.80. The Morgan fingerprint density at radius 1 is 1.64 bits per heavy atom. The molecule has 14 heavy (non-hydrogen) atoms. The monoisotopic (exact) mass is 208 g/mol. The van der Waals surface area contributed by atoms with E-state index in [0.717, 1.165) is 4.88 Å². The lowest BCUT2D eigenvalue weighted by molar-refractivity contribution is -0.115. The highest BCUT2D eigenvalue weighted by Crippen LogP contribution is 2.09. The summed E-state index contributed by atoms with van der Waals surface area (Å²) in [6.07, 6.45) is 1.72. The highest BCUT2D eigenvalue weighted by atomic mass is 32.1. The molecule has 0 saturated heterocycles. The summed E-state index contributed by atoms with van der Waals surface area (Å²) in [5.41, 5.74) is 0. The average molecular weight is 208 g/mol. The van der Waals surface area contributed by atoms with E-state index in [1.165, 1.54) is 6.33 Å². The first-order valence-electron chi connectivity index (χ1n) is 4.02. The topological polar surface area (TPSA) is 70.7 Å². The van der Waals surface area contributed by atoms with Gasteiger partial charge in [0, 0.05) is 4.88 Å². The van der Waals surface area contributed by atoms with Gasteiger partial charge in [0.1, 0.15) is 6.33 Å². The summed E-state index contributed by atoms with van der Waals surface area (Å²) in [6.45, 7) is 0. The molecule has 2 aromatic rings. The Morgan fingerprint density at radius 2 is 2.57 bits per heavy atom. The summed E-state index contributed by atoms with van der Waals surface area (Å²) in [6, 6.07) is 3.84. The minimum atomic E-state index is -0.0933. The number of nitrogens with zero attached hydrogens (tertiary/aromatic N) is 2. The number of carbonyl (C=O) groups excluding carboxylic acids is 1. The van der Waals surface area contributed by atoms with Crippen LogP contribution in [-0.2, 0) is 11.2 Å². The van der Waals surface area contributed by atoms with E-state index in [1.807, 2.05) is 17.5 Å². The van der Waals surface area contributed by atoms with Gasteiger partial charge in [-0.1, -0.05) is 6.07 Å². The van der Waals surface area contributed by atoms with Crippen molar-refractivity contribution in [3.8, 4) is 0 Å².